The number of morpholine rings is 1. The van der Waals surface area contributed by atoms with Crippen LogP contribution >= 0.6 is 0 Å². The van der Waals surface area contributed by atoms with Gasteiger partial charge in [-0.25, -0.2) is 4.79 Å². The first-order chi connectivity index (χ1) is 17.6. The molecule has 0 saturated carbocycles. The van der Waals surface area contributed by atoms with E-state index >= 15 is 0 Å². The Bertz CT molecular complexity index is 1050. The van der Waals surface area contributed by atoms with Crippen molar-refractivity contribution in [3.8, 4) is 5.75 Å². The molecule has 1 saturated heterocycles. The first-order valence-electron chi connectivity index (χ1n) is 12.7. The van der Waals surface area contributed by atoms with Gasteiger partial charge in [0.05, 0.1) is 24.6 Å². The van der Waals surface area contributed by atoms with E-state index in [9.17, 15) is 9.90 Å². The highest BCUT2D eigenvalue weighted by Crippen LogP contribution is 2.25. The number of ether oxygens (including phenoxy) is 1. The van der Waals surface area contributed by atoms with Crippen molar-refractivity contribution in [2.24, 2.45) is 0 Å². The number of nitrogens with one attached hydrogen (secondary N) is 1. The lowest BCUT2D eigenvalue weighted by atomic mass is 10.1. The summed E-state index contributed by atoms with van der Waals surface area (Å²) in [6.45, 7) is 6.61. The van der Waals surface area contributed by atoms with Gasteiger partial charge < -0.3 is 30.7 Å². The maximum Gasteiger partial charge on any atom is 0.322 e. The van der Waals surface area contributed by atoms with Gasteiger partial charge in [-0.3, -0.25) is 4.90 Å². The van der Waals surface area contributed by atoms with Crippen molar-refractivity contribution in [3.05, 3.63) is 72.5 Å². The van der Waals surface area contributed by atoms with Crippen LogP contribution in [0.25, 0.3) is 0 Å². The number of phenols is 1. The van der Waals surface area contributed by atoms with E-state index in [1.54, 1.807) is 24.3 Å². The molecule has 8 heteroatoms. The number of nitrogens with zero attached hydrogens (tertiary/aromatic N) is 3. The Balaban J connectivity index is 1.38. The van der Waals surface area contributed by atoms with Crippen molar-refractivity contribution in [3.63, 3.8) is 0 Å². The van der Waals surface area contributed by atoms with Crippen molar-refractivity contribution < 1.29 is 14.6 Å². The van der Waals surface area contributed by atoms with E-state index in [0.29, 0.717) is 18.8 Å². The van der Waals surface area contributed by atoms with Gasteiger partial charge in [-0.2, -0.15) is 0 Å². The molecule has 1 fully saturated rings. The number of para-hydroxylation sites is 2. The Morgan fingerprint density at radius 3 is 2.61 bits per heavy atom. The number of rotatable bonds is 10. The molecule has 4 N–H and O–H groups in total. The second-order valence-electron chi connectivity index (χ2n) is 9.23. The van der Waals surface area contributed by atoms with Gasteiger partial charge in [-0.1, -0.05) is 30.7 Å². The average molecular weight is 492 g/mol. The number of nitrogen functional groups attached to an aromatic ring is 1. The highest BCUT2D eigenvalue weighted by atomic mass is 16.5. The fraction of sp³-hybridized carbons (Fsp3) is 0.393. The van der Waals surface area contributed by atoms with Gasteiger partial charge >= 0.3 is 6.03 Å². The Labute approximate surface area is 213 Å². The molecule has 192 valence electrons. The number of hydrogen-bond acceptors (Lipinski definition) is 6. The van der Waals surface area contributed by atoms with Gasteiger partial charge in [-0.05, 0) is 61.4 Å². The lowest BCUT2D eigenvalue weighted by molar-refractivity contribution is 0.0371. The number of hydrogen-bond donors (Lipinski definition) is 3. The highest BCUT2D eigenvalue weighted by molar-refractivity contribution is 5.89. The predicted molar refractivity (Wildman–Crippen MR) is 145 cm³/mol. The van der Waals surface area contributed by atoms with E-state index in [1.807, 2.05) is 29.2 Å². The fourth-order valence-corrected chi connectivity index (χ4v) is 4.48. The Morgan fingerprint density at radius 1 is 1.06 bits per heavy atom. The number of nitrogens with two attached hydrogens (primary N) is 1. The number of aromatic hydroxyl groups is 1. The summed E-state index contributed by atoms with van der Waals surface area (Å²) in [7, 11) is 0. The molecule has 4 rings (SSSR count). The lowest BCUT2D eigenvalue weighted by Crippen LogP contribution is -2.38. The molecule has 2 aromatic rings. The van der Waals surface area contributed by atoms with Gasteiger partial charge in [0.1, 0.15) is 5.75 Å². The average Bonchev–Trinajstić information content (AvgIpc) is 2.90. The summed E-state index contributed by atoms with van der Waals surface area (Å²) in [4.78, 5) is 19.6. The van der Waals surface area contributed by atoms with Gasteiger partial charge in [0.2, 0.25) is 0 Å². The molecule has 2 heterocycles. The lowest BCUT2D eigenvalue weighted by Gasteiger charge is -2.29. The molecule has 2 aromatic carbocycles. The fourth-order valence-electron chi connectivity index (χ4n) is 4.48. The van der Waals surface area contributed by atoms with Crippen LogP contribution < -0.4 is 16.0 Å². The Kier molecular flexibility index (Phi) is 9.24. The maximum atomic E-state index is 13.2. The van der Waals surface area contributed by atoms with Gasteiger partial charge in [0, 0.05) is 44.6 Å². The summed E-state index contributed by atoms with van der Waals surface area (Å²) < 4.78 is 5.43. The third-order valence-electron chi connectivity index (χ3n) is 6.49. The van der Waals surface area contributed by atoms with Crippen LogP contribution in [0.1, 0.15) is 19.3 Å². The van der Waals surface area contributed by atoms with Gasteiger partial charge in [0.25, 0.3) is 0 Å². The van der Waals surface area contributed by atoms with E-state index in [4.69, 9.17) is 10.5 Å². The smallest absolute Gasteiger partial charge is 0.322 e. The summed E-state index contributed by atoms with van der Waals surface area (Å²) in [6.07, 6.45) is 9.35. The molecule has 2 aliphatic rings. The van der Waals surface area contributed by atoms with Crippen LogP contribution in [0.15, 0.2) is 72.5 Å². The van der Waals surface area contributed by atoms with Crippen LogP contribution in [-0.2, 0) is 4.74 Å². The monoisotopic (exact) mass is 491 g/mol. The van der Waals surface area contributed by atoms with Gasteiger partial charge in [0.15, 0.2) is 0 Å². The number of anilines is 3. The van der Waals surface area contributed by atoms with E-state index in [2.05, 4.69) is 33.5 Å². The molecular weight excluding hydrogens is 454 g/mol. The molecule has 0 unspecified atom stereocenters. The van der Waals surface area contributed by atoms with Gasteiger partial charge in [-0.15, -0.1) is 0 Å². The molecule has 0 atom stereocenters. The van der Waals surface area contributed by atoms with Crippen LogP contribution in [0.4, 0.5) is 21.9 Å². The van der Waals surface area contributed by atoms with Crippen molar-refractivity contribution >= 4 is 23.1 Å². The van der Waals surface area contributed by atoms with E-state index in [0.717, 1.165) is 75.6 Å². The second-order valence-corrected chi connectivity index (χ2v) is 9.23. The van der Waals surface area contributed by atoms with E-state index < -0.39 is 0 Å². The van der Waals surface area contributed by atoms with E-state index in [1.165, 1.54) is 0 Å². The van der Waals surface area contributed by atoms with E-state index in [-0.39, 0.29) is 11.8 Å². The minimum absolute atomic E-state index is 0.153. The summed E-state index contributed by atoms with van der Waals surface area (Å²) in [6, 6.07) is 14.2. The number of carbonyl (C=O) groups is 1. The third-order valence-corrected chi connectivity index (χ3v) is 6.49. The summed E-state index contributed by atoms with van der Waals surface area (Å²) in [5, 5.41) is 12.5. The quantitative estimate of drug-likeness (QED) is 0.261. The van der Waals surface area contributed by atoms with Crippen molar-refractivity contribution in [2.45, 2.75) is 19.3 Å². The minimum atomic E-state index is -0.153. The third kappa shape index (κ3) is 7.50. The highest BCUT2D eigenvalue weighted by Gasteiger charge is 2.18. The summed E-state index contributed by atoms with van der Waals surface area (Å²) >= 11 is 0. The Hall–Kier alpha value is -3.49. The topological polar surface area (TPSA) is 94.3 Å². The summed E-state index contributed by atoms with van der Waals surface area (Å²) in [5.41, 5.74) is 9.58. The molecule has 8 nitrogen and oxygen atoms in total. The molecule has 2 amide bonds. The number of urea groups is 1. The zero-order chi connectivity index (χ0) is 25.2. The zero-order valence-electron chi connectivity index (χ0n) is 20.8. The SMILES string of the molecule is Nc1ccccc1N1C=C(CN(CCCCCN2CCOCC2)C(=O)Nc2ccc(O)cc2)C=CC1. The number of unbranched alkanes of at least 4 members (excludes halogenated alkanes) is 2. The standard InChI is InChI=1S/C28H37N5O3/c29-26-8-2-3-9-27(26)32-16-6-7-23(21-32)22-33(28(35)30-24-10-12-25(34)13-11-24)15-5-1-4-14-31-17-19-36-20-18-31/h2-3,6-13,21,34H,1,4-5,14-20,22,29H2,(H,30,35). The van der Waals surface area contributed by atoms with Crippen LogP contribution in [0.5, 0.6) is 5.75 Å². The molecule has 0 spiro atoms. The molecular formula is C28H37N5O3. The number of carbonyl (C=O) groups excluding carboxylic acids is 1. The van der Waals surface area contributed by atoms with Crippen LogP contribution in [0.2, 0.25) is 0 Å². The largest absolute Gasteiger partial charge is 0.508 e. The normalized spacial score (nSPS) is 16.0. The Morgan fingerprint density at radius 2 is 1.83 bits per heavy atom. The maximum absolute atomic E-state index is 13.2. The minimum Gasteiger partial charge on any atom is -0.508 e. The molecule has 0 bridgehead atoms. The number of benzene rings is 2. The number of amides is 2. The van der Waals surface area contributed by atoms with Crippen molar-refractivity contribution in [1.82, 2.24) is 9.80 Å². The molecule has 2 aliphatic heterocycles. The summed E-state index contributed by atoms with van der Waals surface area (Å²) in [5.74, 6) is 0.169. The molecule has 0 aromatic heterocycles. The van der Waals surface area contributed by atoms with Crippen LogP contribution in [0.3, 0.4) is 0 Å². The first-order valence-corrected chi connectivity index (χ1v) is 12.7. The van der Waals surface area contributed by atoms with Crippen molar-refractivity contribution in [2.75, 3.05) is 68.4 Å². The predicted octanol–water partition coefficient (Wildman–Crippen LogP) is 4.27. The second kappa shape index (κ2) is 13.0. The van der Waals surface area contributed by atoms with Crippen molar-refractivity contribution in [1.29, 1.82) is 0 Å². The number of phenolic OH excluding ortho intramolecular Hbond substituents is 1. The molecule has 0 aliphatic carbocycles. The van der Waals surface area contributed by atoms with Crippen LogP contribution in [0, 0.1) is 0 Å². The zero-order valence-corrected chi connectivity index (χ0v) is 20.8. The molecule has 0 radical (unpaired) electrons. The first kappa shape index (κ1) is 25.6. The van der Waals surface area contributed by atoms with Crippen LogP contribution in [-0.4, -0.2) is 73.4 Å². The molecule has 36 heavy (non-hydrogen) atoms.